The molecule has 0 fully saturated rings. The van der Waals surface area contributed by atoms with E-state index in [1.165, 1.54) is 15.8 Å². The summed E-state index contributed by atoms with van der Waals surface area (Å²) in [6.07, 6.45) is 1.13. The molecule has 1 atom stereocenters. The summed E-state index contributed by atoms with van der Waals surface area (Å²) in [5, 5.41) is 3.61. The van der Waals surface area contributed by atoms with Crippen LogP contribution in [-0.4, -0.2) is 6.54 Å². The summed E-state index contributed by atoms with van der Waals surface area (Å²) in [6.45, 7) is 7.68. The number of halogens is 2. The second kappa shape index (κ2) is 7.52. The third kappa shape index (κ3) is 4.15. The van der Waals surface area contributed by atoms with Crippen molar-refractivity contribution in [3.05, 3.63) is 45.5 Å². The molecular weight excluding hydrogens is 349 g/mol. The average molecular weight is 370 g/mol. The maximum absolute atomic E-state index is 13.3. The summed E-state index contributed by atoms with van der Waals surface area (Å²) in [4.78, 5) is 2.52. The summed E-state index contributed by atoms with van der Waals surface area (Å²) < 4.78 is 13.9. The molecule has 1 nitrogen and oxygen atoms in total. The SMILES string of the molecule is CCCNC(c1ccc(-c2ccc(F)c(Br)c2)s1)C(C)C. The van der Waals surface area contributed by atoms with E-state index in [1.807, 2.05) is 12.1 Å². The van der Waals surface area contributed by atoms with Crippen LogP contribution in [0.4, 0.5) is 4.39 Å². The second-order valence-corrected chi connectivity index (χ2v) is 7.48. The van der Waals surface area contributed by atoms with E-state index in [-0.39, 0.29) is 5.82 Å². The van der Waals surface area contributed by atoms with Gasteiger partial charge in [0.1, 0.15) is 5.82 Å². The molecule has 0 aliphatic carbocycles. The van der Waals surface area contributed by atoms with Crippen molar-refractivity contribution in [2.24, 2.45) is 5.92 Å². The van der Waals surface area contributed by atoms with Gasteiger partial charge in [-0.05, 0) is 64.6 Å². The highest BCUT2D eigenvalue weighted by Crippen LogP contribution is 2.35. The van der Waals surface area contributed by atoms with E-state index < -0.39 is 0 Å². The number of nitrogens with one attached hydrogen (secondary N) is 1. The maximum Gasteiger partial charge on any atom is 0.137 e. The Labute approximate surface area is 138 Å². The second-order valence-electron chi connectivity index (χ2n) is 5.51. The maximum atomic E-state index is 13.3. The smallest absolute Gasteiger partial charge is 0.137 e. The van der Waals surface area contributed by atoms with Crippen molar-refractivity contribution in [2.45, 2.75) is 33.2 Å². The first-order valence-corrected chi connectivity index (χ1v) is 8.92. The van der Waals surface area contributed by atoms with E-state index in [4.69, 9.17) is 0 Å². The molecule has 0 spiro atoms. The molecule has 2 rings (SSSR count). The molecule has 114 valence electrons. The van der Waals surface area contributed by atoms with Gasteiger partial charge in [-0.25, -0.2) is 4.39 Å². The number of hydrogen-bond donors (Lipinski definition) is 1. The molecule has 1 aromatic carbocycles. The van der Waals surface area contributed by atoms with Crippen molar-refractivity contribution in [2.75, 3.05) is 6.54 Å². The van der Waals surface area contributed by atoms with Gasteiger partial charge in [-0.1, -0.05) is 26.8 Å². The number of thiophene rings is 1. The van der Waals surface area contributed by atoms with Crippen LogP contribution in [-0.2, 0) is 0 Å². The molecule has 21 heavy (non-hydrogen) atoms. The molecular formula is C17H21BrFNS. The van der Waals surface area contributed by atoms with Gasteiger partial charge in [-0.15, -0.1) is 11.3 Å². The summed E-state index contributed by atoms with van der Waals surface area (Å²) >= 11 is 5.04. The average Bonchev–Trinajstić information content (AvgIpc) is 2.91. The van der Waals surface area contributed by atoms with Crippen LogP contribution in [0.5, 0.6) is 0 Å². The van der Waals surface area contributed by atoms with E-state index >= 15 is 0 Å². The van der Waals surface area contributed by atoms with Crippen molar-refractivity contribution >= 4 is 27.3 Å². The summed E-state index contributed by atoms with van der Waals surface area (Å²) in [7, 11) is 0. The fourth-order valence-corrected chi connectivity index (χ4v) is 3.92. The van der Waals surface area contributed by atoms with Gasteiger partial charge < -0.3 is 5.32 Å². The van der Waals surface area contributed by atoms with Gasteiger partial charge in [0.15, 0.2) is 0 Å². The minimum absolute atomic E-state index is 0.222. The van der Waals surface area contributed by atoms with Crippen LogP contribution in [0, 0.1) is 11.7 Å². The first kappa shape index (κ1) is 16.7. The summed E-state index contributed by atoms with van der Waals surface area (Å²) in [6, 6.07) is 9.88. The molecule has 1 heterocycles. The molecule has 1 N–H and O–H groups in total. The highest BCUT2D eigenvalue weighted by Gasteiger charge is 2.17. The van der Waals surface area contributed by atoms with Gasteiger partial charge in [0.2, 0.25) is 0 Å². The monoisotopic (exact) mass is 369 g/mol. The number of rotatable bonds is 6. The van der Waals surface area contributed by atoms with Crippen molar-refractivity contribution in [1.29, 1.82) is 0 Å². The standard InChI is InChI=1S/C17H21BrFNS/c1-4-9-20-17(11(2)3)16-8-7-15(21-16)12-5-6-14(19)13(18)10-12/h5-8,10-11,17,20H,4,9H2,1-3H3. The van der Waals surface area contributed by atoms with Crippen LogP contribution in [0.2, 0.25) is 0 Å². The quantitative estimate of drug-likeness (QED) is 0.656. The van der Waals surface area contributed by atoms with E-state index in [0.29, 0.717) is 16.4 Å². The third-order valence-corrected chi connectivity index (χ3v) is 5.24. The molecule has 4 heteroatoms. The van der Waals surface area contributed by atoms with Gasteiger partial charge in [-0.3, -0.25) is 0 Å². The molecule has 0 radical (unpaired) electrons. The van der Waals surface area contributed by atoms with Crippen LogP contribution in [0.1, 0.15) is 38.1 Å². The van der Waals surface area contributed by atoms with Gasteiger partial charge >= 0.3 is 0 Å². The van der Waals surface area contributed by atoms with Gasteiger partial charge in [0.05, 0.1) is 4.47 Å². The van der Waals surface area contributed by atoms with Crippen molar-refractivity contribution in [1.82, 2.24) is 5.32 Å². The Hall–Kier alpha value is -0.710. The minimum Gasteiger partial charge on any atom is -0.309 e. The fourth-order valence-electron chi connectivity index (χ4n) is 2.29. The van der Waals surface area contributed by atoms with Gasteiger partial charge in [0, 0.05) is 15.8 Å². The number of hydrogen-bond acceptors (Lipinski definition) is 2. The van der Waals surface area contributed by atoms with Crippen molar-refractivity contribution < 1.29 is 4.39 Å². The highest BCUT2D eigenvalue weighted by molar-refractivity contribution is 9.10. The predicted octanol–water partition coefficient (Wildman–Crippen LogP) is 6.01. The number of benzene rings is 1. The fraction of sp³-hybridized carbons (Fsp3) is 0.412. The third-order valence-electron chi connectivity index (χ3n) is 3.42. The lowest BCUT2D eigenvalue weighted by Gasteiger charge is -2.20. The van der Waals surface area contributed by atoms with E-state index in [2.05, 4.69) is 54.2 Å². The minimum atomic E-state index is -0.222. The molecule has 1 unspecified atom stereocenters. The van der Waals surface area contributed by atoms with E-state index in [0.717, 1.165) is 18.5 Å². The Bertz CT molecular complexity index is 594. The first-order chi connectivity index (χ1) is 10.0. The lowest BCUT2D eigenvalue weighted by atomic mass is 10.0. The Balaban J connectivity index is 2.25. The lowest BCUT2D eigenvalue weighted by molar-refractivity contribution is 0.418. The molecule has 0 bridgehead atoms. The van der Waals surface area contributed by atoms with Crippen LogP contribution < -0.4 is 5.32 Å². The van der Waals surface area contributed by atoms with Gasteiger partial charge in [-0.2, -0.15) is 0 Å². The van der Waals surface area contributed by atoms with Crippen LogP contribution in [0.15, 0.2) is 34.8 Å². The zero-order chi connectivity index (χ0) is 15.4. The normalized spacial score (nSPS) is 12.9. The van der Waals surface area contributed by atoms with Crippen molar-refractivity contribution in [3.63, 3.8) is 0 Å². The highest BCUT2D eigenvalue weighted by atomic mass is 79.9. The zero-order valence-electron chi connectivity index (χ0n) is 12.6. The summed E-state index contributed by atoms with van der Waals surface area (Å²) in [5.74, 6) is 0.322. The molecule has 0 saturated carbocycles. The molecule has 2 aromatic rings. The molecule has 0 aliphatic rings. The predicted molar refractivity (Wildman–Crippen MR) is 93.3 cm³/mol. The van der Waals surface area contributed by atoms with Crippen LogP contribution >= 0.6 is 27.3 Å². The molecule has 0 saturated heterocycles. The Kier molecular flexibility index (Phi) is 5.97. The van der Waals surface area contributed by atoms with E-state index in [9.17, 15) is 4.39 Å². The zero-order valence-corrected chi connectivity index (χ0v) is 15.0. The lowest BCUT2D eigenvalue weighted by Crippen LogP contribution is -2.25. The van der Waals surface area contributed by atoms with Crippen LogP contribution in [0.25, 0.3) is 10.4 Å². The Morgan fingerprint density at radius 3 is 2.62 bits per heavy atom. The Morgan fingerprint density at radius 1 is 1.24 bits per heavy atom. The van der Waals surface area contributed by atoms with Crippen LogP contribution in [0.3, 0.4) is 0 Å². The summed E-state index contributed by atoms with van der Waals surface area (Å²) in [5.41, 5.74) is 1.05. The van der Waals surface area contributed by atoms with Crippen molar-refractivity contribution in [3.8, 4) is 10.4 Å². The van der Waals surface area contributed by atoms with Gasteiger partial charge in [0.25, 0.3) is 0 Å². The van der Waals surface area contributed by atoms with E-state index in [1.54, 1.807) is 11.3 Å². The topological polar surface area (TPSA) is 12.0 Å². The molecule has 1 aromatic heterocycles. The molecule has 0 amide bonds. The first-order valence-electron chi connectivity index (χ1n) is 7.31. The molecule has 0 aliphatic heterocycles. The Morgan fingerprint density at radius 2 is 2.00 bits per heavy atom. The largest absolute Gasteiger partial charge is 0.309 e.